The molecule has 0 aromatic carbocycles. The molecule has 27 heavy (non-hydrogen) atoms. The molecule has 3 aliphatic rings. The number of anilines is 1. The number of nitrogens with zero attached hydrogens (tertiary/aromatic N) is 3. The van der Waals surface area contributed by atoms with Gasteiger partial charge in [-0.3, -0.25) is 14.6 Å². The van der Waals surface area contributed by atoms with E-state index in [0.717, 1.165) is 24.2 Å². The van der Waals surface area contributed by atoms with Crippen molar-refractivity contribution in [1.29, 1.82) is 0 Å². The zero-order valence-corrected chi connectivity index (χ0v) is 15.0. The summed E-state index contributed by atoms with van der Waals surface area (Å²) in [5.41, 5.74) is 0.528. The molecule has 1 saturated heterocycles. The molecule has 2 aliphatic heterocycles. The van der Waals surface area contributed by atoms with Crippen LogP contribution in [-0.4, -0.2) is 47.0 Å². The van der Waals surface area contributed by atoms with Crippen molar-refractivity contribution >= 4 is 17.5 Å². The maximum atomic E-state index is 13.3. The average Bonchev–Trinajstić information content (AvgIpc) is 3.23. The number of carbonyl (C=O) groups excluding carboxylic acids is 2. The Morgan fingerprint density at radius 3 is 2.67 bits per heavy atom. The van der Waals surface area contributed by atoms with Gasteiger partial charge in [-0.05, 0) is 37.8 Å². The number of amides is 2. The van der Waals surface area contributed by atoms with Gasteiger partial charge in [0.15, 0.2) is 0 Å². The van der Waals surface area contributed by atoms with Gasteiger partial charge in [-0.1, -0.05) is 19.3 Å². The fourth-order valence-corrected chi connectivity index (χ4v) is 4.85. The maximum absolute atomic E-state index is 13.3. The molecule has 8 heteroatoms. The van der Waals surface area contributed by atoms with Crippen LogP contribution in [0.15, 0.2) is 18.3 Å². The van der Waals surface area contributed by atoms with E-state index in [4.69, 9.17) is 0 Å². The highest BCUT2D eigenvalue weighted by atomic mass is 19.4. The Labute approximate surface area is 155 Å². The van der Waals surface area contributed by atoms with Crippen molar-refractivity contribution in [3.8, 4) is 0 Å². The largest absolute Gasteiger partial charge is 0.408 e. The predicted octanol–water partition coefficient (Wildman–Crippen LogP) is 3.18. The van der Waals surface area contributed by atoms with Crippen molar-refractivity contribution < 1.29 is 22.8 Å². The first-order valence-corrected chi connectivity index (χ1v) is 9.48. The first-order valence-electron chi connectivity index (χ1n) is 9.48. The van der Waals surface area contributed by atoms with Crippen molar-refractivity contribution in [3.63, 3.8) is 0 Å². The van der Waals surface area contributed by atoms with Crippen LogP contribution in [0.4, 0.5) is 18.9 Å². The number of rotatable bonds is 2. The summed E-state index contributed by atoms with van der Waals surface area (Å²) in [6, 6.07) is 1.68. The van der Waals surface area contributed by atoms with Gasteiger partial charge in [0.05, 0.1) is 16.8 Å². The third-order valence-electron chi connectivity index (χ3n) is 6.14. The molecular weight excluding hydrogens is 359 g/mol. The molecule has 1 aromatic heterocycles. The van der Waals surface area contributed by atoms with Crippen LogP contribution in [0.1, 0.15) is 50.6 Å². The van der Waals surface area contributed by atoms with Gasteiger partial charge in [0, 0.05) is 12.7 Å². The predicted molar refractivity (Wildman–Crippen MR) is 92.1 cm³/mol. The SMILES string of the molecule is O=C(CN1C(=O)C2(CCCCC2)c2ncccc21)N1CCCC1C(F)(F)F. The molecule has 1 aliphatic carbocycles. The highest BCUT2D eigenvalue weighted by molar-refractivity contribution is 6.10. The van der Waals surface area contributed by atoms with E-state index in [9.17, 15) is 22.8 Å². The van der Waals surface area contributed by atoms with Crippen molar-refractivity contribution in [1.82, 2.24) is 9.88 Å². The molecule has 1 unspecified atom stereocenters. The normalized spacial score (nSPS) is 24.6. The zero-order chi connectivity index (χ0) is 19.2. The van der Waals surface area contributed by atoms with Crippen LogP contribution >= 0.6 is 0 Å². The number of hydrogen-bond donors (Lipinski definition) is 0. The maximum Gasteiger partial charge on any atom is 0.408 e. The molecule has 1 spiro atoms. The second-order valence-corrected chi connectivity index (χ2v) is 7.69. The van der Waals surface area contributed by atoms with Gasteiger partial charge in [0.2, 0.25) is 11.8 Å². The number of carbonyl (C=O) groups is 2. The molecule has 5 nitrogen and oxygen atoms in total. The Kier molecular flexibility index (Phi) is 4.39. The van der Waals surface area contributed by atoms with Gasteiger partial charge >= 0.3 is 6.18 Å². The second-order valence-electron chi connectivity index (χ2n) is 7.69. The number of likely N-dealkylation sites (tertiary alicyclic amines) is 1. The minimum atomic E-state index is -4.44. The third kappa shape index (κ3) is 2.89. The number of pyridine rings is 1. The molecule has 0 radical (unpaired) electrons. The quantitative estimate of drug-likeness (QED) is 0.791. The standard InChI is InChI=1S/C19H22F3N3O2/c20-19(21,22)14-7-5-11-24(14)15(26)12-25-13-6-4-10-23-16(13)18(17(25)27)8-2-1-3-9-18/h4,6,10,14H,1-3,5,7-9,11-12H2. The number of halogens is 3. The summed E-state index contributed by atoms with van der Waals surface area (Å²) in [7, 11) is 0. The van der Waals surface area contributed by atoms with E-state index in [2.05, 4.69) is 4.98 Å². The van der Waals surface area contributed by atoms with E-state index < -0.39 is 23.5 Å². The average molecular weight is 381 g/mol. The lowest BCUT2D eigenvalue weighted by Crippen LogP contribution is -2.50. The van der Waals surface area contributed by atoms with Crippen LogP contribution in [0.5, 0.6) is 0 Å². The fraction of sp³-hybridized carbons (Fsp3) is 0.632. The van der Waals surface area contributed by atoms with Crippen LogP contribution in [0.2, 0.25) is 0 Å². The van der Waals surface area contributed by atoms with Gasteiger partial charge < -0.3 is 9.80 Å². The molecule has 2 amide bonds. The monoisotopic (exact) mass is 381 g/mol. The van der Waals surface area contributed by atoms with Crippen LogP contribution in [-0.2, 0) is 15.0 Å². The summed E-state index contributed by atoms with van der Waals surface area (Å²) >= 11 is 0. The van der Waals surface area contributed by atoms with Crippen molar-refractivity contribution in [2.75, 3.05) is 18.0 Å². The van der Waals surface area contributed by atoms with Crippen molar-refractivity contribution in [3.05, 3.63) is 24.0 Å². The summed E-state index contributed by atoms with van der Waals surface area (Å²) in [5, 5.41) is 0. The Morgan fingerprint density at radius 2 is 1.96 bits per heavy atom. The summed E-state index contributed by atoms with van der Waals surface area (Å²) in [6.07, 6.45) is 1.66. The number of hydrogen-bond acceptors (Lipinski definition) is 3. The lowest BCUT2D eigenvalue weighted by Gasteiger charge is -2.32. The van der Waals surface area contributed by atoms with Crippen LogP contribution in [0.3, 0.4) is 0 Å². The minimum Gasteiger partial charge on any atom is -0.329 e. The Bertz CT molecular complexity index is 759. The van der Waals surface area contributed by atoms with E-state index >= 15 is 0 Å². The van der Waals surface area contributed by atoms with E-state index in [1.807, 2.05) is 0 Å². The molecule has 1 atom stereocenters. The van der Waals surface area contributed by atoms with Crippen LogP contribution in [0.25, 0.3) is 0 Å². The van der Waals surface area contributed by atoms with Gasteiger partial charge in [-0.25, -0.2) is 0 Å². The third-order valence-corrected chi connectivity index (χ3v) is 6.14. The van der Waals surface area contributed by atoms with Crippen LogP contribution in [0, 0.1) is 0 Å². The van der Waals surface area contributed by atoms with E-state index in [1.54, 1.807) is 18.3 Å². The molecule has 0 N–H and O–H groups in total. The topological polar surface area (TPSA) is 53.5 Å². The molecular formula is C19H22F3N3O2. The highest BCUT2D eigenvalue weighted by Gasteiger charge is 2.53. The number of aromatic nitrogens is 1. The van der Waals surface area contributed by atoms with Gasteiger partial charge in [-0.15, -0.1) is 0 Å². The molecule has 1 aromatic rings. The molecule has 2 fully saturated rings. The summed E-state index contributed by atoms with van der Waals surface area (Å²) in [4.78, 5) is 32.6. The fourth-order valence-electron chi connectivity index (χ4n) is 4.85. The summed E-state index contributed by atoms with van der Waals surface area (Å²) in [5.74, 6) is -0.835. The smallest absolute Gasteiger partial charge is 0.329 e. The minimum absolute atomic E-state index is 0.0781. The molecule has 146 valence electrons. The number of alkyl halides is 3. The van der Waals surface area contributed by atoms with Crippen molar-refractivity contribution in [2.45, 2.75) is 62.6 Å². The molecule has 4 rings (SSSR count). The van der Waals surface area contributed by atoms with E-state index in [1.165, 1.54) is 4.90 Å². The summed E-state index contributed by atoms with van der Waals surface area (Å²) in [6.45, 7) is -0.276. The van der Waals surface area contributed by atoms with Gasteiger partial charge in [-0.2, -0.15) is 13.2 Å². The highest BCUT2D eigenvalue weighted by Crippen LogP contribution is 2.49. The van der Waals surface area contributed by atoms with Crippen molar-refractivity contribution in [2.24, 2.45) is 0 Å². The first kappa shape index (κ1) is 18.3. The molecule has 1 saturated carbocycles. The second kappa shape index (κ2) is 6.49. The zero-order valence-electron chi connectivity index (χ0n) is 15.0. The molecule has 0 bridgehead atoms. The first-order chi connectivity index (χ1) is 12.8. The van der Waals surface area contributed by atoms with Gasteiger partial charge in [0.25, 0.3) is 0 Å². The molecule has 3 heterocycles. The lowest BCUT2D eigenvalue weighted by atomic mass is 9.72. The summed E-state index contributed by atoms with van der Waals surface area (Å²) < 4.78 is 39.6. The van der Waals surface area contributed by atoms with E-state index in [-0.39, 0.29) is 25.4 Å². The Balaban J connectivity index is 1.61. The number of fused-ring (bicyclic) bond motifs is 2. The lowest BCUT2D eigenvalue weighted by molar-refractivity contribution is -0.182. The van der Waals surface area contributed by atoms with Crippen LogP contribution < -0.4 is 4.90 Å². The van der Waals surface area contributed by atoms with E-state index in [0.29, 0.717) is 30.6 Å². The Hall–Kier alpha value is -2.12. The Morgan fingerprint density at radius 1 is 1.22 bits per heavy atom. The van der Waals surface area contributed by atoms with Gasteiger partial charge in [0.1, 0.15) is 12.6 Å².